The van der Waals surface area contributed by atoms with Gasteiger partial charge in [0.2, 0.25) is 5.88 Å². The van der Waals surface area contributed by atoms with Gasteiger partial charge in [0.05, 0.1) is 18.3 Å². The quantitative estimate of drug-likeness (QED) is 0.465. The van der Waals surface area contributed by atoms with Crippen molar-refractivity contribution in [1.82, 2.24) is 24.9 Å². The number of pyridine rings is 1. The van der Waals surface area contributed by atoms with Crippen LogP contribution >= 0.6 is 0 Å². The highest BCUT2D eigenvalue weighted by Gasteiger charge is 2.31. The van der Waals surface area contributed by atoms with Crippen LogP contribution in [0.15, 0.2) is 30.6 Å². The first kappa shape index (κ1) is 18.6. The predicted molar refractivity (Wildman–Crippen MR) is 110 cm³/mol. The second-order valence-corrected chi connectivity index (χ2v) is 7.59. The molecule has 2 fully saturated rings. The molecule has 0 spiro atoms. The molecule has 0 radical (unpaired) electrons. The maximum Gasteiger partial charge on any atom is 0.257 e. The van der Waals surface area contributed by atoms with E-state index in [0.717, 1.165) is 19.3 Å². The third-order valence-electron chi connectivity index (χ3n) is 5.36. The molecular formula is C20H23N7O3. The summed E-state index contributed by atoms with van der Waals surface area (Å²) in [6.45, 7) is 0. The minimum atomic E-state index is -0.496. The van der Waals surface area contributed by atoms with Crippen molar-refractivity contribution in [3.8, 4) is 5.88 Å². The number of carbonyl (C=O) groups is 1. The summed E-state index contributed by atoms with van der Waals surface area (Å²) in [5.74, 6) is 1.41. The number of carbonyl (C=O) groups excluding carboxylic acids is 1. The van der Waals surface area contributed by atoms with Crippen molar-refractivity contribution in [3.05, 3.63) is 36.2 Å². The minimum Gasteiger partial charge on any atom is -0.473 e. The summed E-state index contributed by atoms with van der Waals surface area (Å²) in [6.07, 6.45) is 6.43. The largest absolute Gasteiger partial charge is 0.473 e. The molecule has 4 N–H and O–H groups in total. The Hall–Kier alpha value is -3.40. The lowest BCUT2D eigenvalue weighted by molar-refractivity contribution is 0.0448. The van der Waals surface area contributed by atoms with Crippen LogP contribution in [0.1, 0.15) is 36.0 Å². The topological polar surface area (TPSA) is 126 Å². The Bertz CT molecular complexity index is 1100. The van der Waals surface area contributed by atoms with E-state index in [9.17, 15) is 9.90 Å². The third-order valence-corrected chi connectivity index (χ3v) is 5.36. The van der Waals surface area contributed by atoms with Gasteiger partial charge in [0.1, 0.15) is 29.0 Å². The van der Waals surface area contributed by atoms with Crippen molar-refractivity contribution >= 4 is 28.9 Å². The van der Waals surface area contributed by atoms with Gasteiger partial charge in [-0.25, -0.2) is 9.97 Å². The molecule has 3 aromatic heterocycles. The summed E-state index contributed by atoms with van der Waals surface area (Å²) in [5.41, 5.74) is 1.45. The third kappa shape index (κ3) is 3.50. The van der Waals surface area contributed by atoms with Gasteiger partial charge >= 0.3 is 0 Å². The van der Waals surface area contributed by atoms with Gasteiger partial charge in [0, 0.05) is 19.3 Å². The fourth-order valence-corrected chi connectivity index (χ4v) is 3.32. The van der Waals surface area contributed by atoms with Crippen molar-refractivity contribution in [2.45, 2.75) is 43.9 Å². The zero-order valence-electron chi connectivity index (χ0n) is 16.5. The number of rotatable bonds is 7. The standard InChI is InChI=1S/C20H23N7O3/c1-21-17-9-16(24-14-3-2-8-22-20(14)30-11-4-5-11)26-18-12(10-23-27(17)18)19(29)25-13-6-7-15(13)28/h2-3,8-11,13,15,21,28H,4-7H2,1H3,(H,24,26)(H,25,29)/t13-,15+/m1/s1. The molecule has 0 aliphatic heterocycles. The lowest BCUT2D eigenvalue weighted by Crippen LogP contribution is -2.50. The van der Waals surface area contributed by atoms with Crippen LogP contribution in [-0.4, -0.2) is 55.9 Å². The van der Waals surface area contributed by atoms with Crippen LogP contribution in [0, 0.1) is 0 Å². The normalized spacial score (nSPS) is 20.5. The molecule has 3 heterocycles. The van der Waals surface area contributed by atoms with Gasteiger partial charge in [-0.15, -0.1) is 0 Å². The average molecular weight is 409 g/mol. The van der Waals surface area contributed by atoms with Crippen molar-refractivity contribution in [3.63, 3.8) is 0 Å². The first-order valence-electron chi connectivity index (χ1n) is 10.1. The number of ether oxygens (including phenoxy) is 1. The number of anilines is 3. The lowest BCUT2D eigenvalue weighted by Gasteiger charge is -2.32. The second-order valence-electron chi connectivity index (χ2n) is 7.59. The van der Waals surface area contributed by atoms with Gasteiger partial charge in [0.15, 0.2) is 5.65 Å². The van der Waals surface area contributed by atoms with Gasteiger partial charge in [-0.2, -0.15) is 9.61 Å². The maximum atomic E-state index is 12.7. The minimum absolute atomic E-state index is 0.218. The monoisotopic (exact) mass is 409 g/mol. The Morgan fingerprint density at radius 1 is 1.30 bits per heavy atom. The Labute approximate surface area is 172 Å². The fourth-order valence-electron chi connectivity index (χ4n) is 3.32. The number of aliphatic hydroxyl groups excluding tert-OH is 1. The molecule has 2 saturated carbocycles. The van der Waals surface area contributed by atoms with Crippen molar-refractivity contribution in [2.24, 2.45) is 0 Å². The van der Waals surface area contributed by atoms with Gasteiger partial charge in [-0.05, 0) is 37.8 Å². The van der Waals surface area contributed by atoms with Gasteiger partial charge in [0.25, 0.3) is 5.91 Å². The number of hydrogen-bond acceptors (Lipinski definition) is 8. The Balaban J connectivity index is 1.46. The van der Waals surface area contributed by atoms with E-state index in [1.807, 2.05) is 12.1 Å². The molecule has 5 rings (SSSR count). The first-order valence-corrected chi connectivity index (χ1v) is 10.1. The summed E-state index contributed by atoms with van der Waals surface area (Å²) in [5, 5.41) is 23.2. The number of aliphatic hydroxyl groups is 1. The van der Waals surface area contributed by atoms with Gasteiger partial charge < -0.3 is 25.8 Å². The fraction of sp³-hybridized carbons (Fsp3) is 0.400. The van der Waals surface area contributed by atoms with E-state index in [-0.39, 0.29) is 18.1 Å². The van der Waals surface area contributed by atoms with E-state index in [0.29, 0.717) is 40.8 Å². The number of fused-ring (bicyclic) bond motifs is 1. The van der Waals surface area contributed by atoms with Crippen molar-refractivity contribution in [2.75, 3.05) is 17.7 Å². The van der Waals surface area contributed by atoms with Crippen LogP contribution in [0.4, 0.5) is 17.3 Å². The molecular weight excluding hydrogens is 386 g/mol. The molecule has 0 saturated heterocycles. The van der Waals surface area contributed by atoms with Gasteiger partial charge in [-0.3, -0.25) is 4.79 Å². The van der Waals surface area contributed by atoms with Crippen LogP contribution in [0.5, 0.6) is 5.88 Å². The second kappa shape index (κ2) is 7.45. The predicted octanol–water partition coefficient (Wildman–Crippen LogP) is 1.70. The number of aromatic nitrogens is 4. The average Bonchev–Trinajstić information content (AvgIpc) is 3.47. The Morgan fingerprint density at radius 3 is 2.87 bits per heavy atom. The lowest BCUT2D eigenvalue weighted by atomic mass is 9.89. The summed E-state index contributed by atoms with van der Waals surface area (Å²) in [4.78, 5) is 21.7. The summed E-state index contributed by atoms with van der Waals surface area (Å²) < 4.78 is 7.44. The molecule has 2 aliphatic rings. The van der Waals surface area contributed by atoms with E-state index in [2.05, 4.69) is 31.0 Å². The summed E-state index contributed by atoms with van der Waals surface area (Å²) >= 11 is 0. The zero-order chi connectivity index (χ0) is 20.7. The van der Waals surface area contributed by atoms with Crippen molar-refractivity contribution in [1.29, 1.82) is 0 Å². The number of amides is 1. The smallest absolute Gasteiger partial charge is 0.257 e. The van der Waals surface area contributed by atoms with Crippen LogP contribution in [0.2, 0.25) is 0 Å². The molecule has 3 aromatic rings. The maximum absolute atomic E-state index is 12.7. The Kier molecular flexibility index (Phi) is 4.62. The highest BCUT2D eigenvalue weighted by atomic mass is 16.5. The SMILES string of the molecule is CNc1cc(Nc2cccnc2OC2CC2)nc2c(C(=O)N[C@@H]3CC[C@@H]3O)cnn12. The zero-order valence-corrected chi connectivity index (χ0v) is 16.5. The number of nitrogens with one attached hydrogen (secondary N) is 3. The number of nitrogens with zero attached hydrogens (tertiary/aromatic N) is 4. The molecule has 1 amide bonds. The van der Waals surface area contributed by atoms with Crippen LogP contribution in [0.25, 0.3) is 5.65 Å². The molecule has 10 nitrogen and oxygen atoms in total. The van der Waals surface area contributed by atoms with E-state index in [1.54, 1.807) is 23.8 Å². The van der Waals surface area contributed by atoms with E-state index in [1.165, 1.54) is 6.20 Å². The molecule has 0 unspecified atom stereocenters. The summed E-state index contributed by atoms with van der Waals surface area (Å²) in [7, 11) is 1.77. The summed E-state index contributed by atoms with van der Waals surface area (Å²) in [6, 6.07) is 5.26. The van der Waals surface area contributed by atoms with Crippen molar-refractivity contribution < 1.29 is 14.6 Å². The molecule has 2 aliphatic carbocycles. The highest BCUT2D eigenvalue weighted by Crippen LogP contribution is 2.32. The Morgan fingerprint density at radius 2 is 2.17 bits per heavy atom. The van der Waals surface area contributed by atoms with Gasteiger partial charge in [-0.1, -0.05) is 0 Å². The van der Waals surface area contributed by atoms with E-state index in [4.69, 9.17) is 4.74 Å². The number of hydrogen-bond donors (Lipinski definition) is 4. The molecule has 2 atom stereocenters. The van der Waals surface area contributed by atoms with Crippen LogP contribution < -0.4 is 20.7 Å². The molecule has 30 heavy (non-hydrogen) atoms. The molecule has 10 heteroatoms. The van der Waals surface area contributed by atoms with E-state index < -0.39 is 6.10 Å². The molecule has 156 valence electrons. The van der Waals surface area contributed by atoms with Crippen LogP contribution in [-0.2, 0) is 0 Å². The molecule has 0 aromatic carbocycles. The van der Waals surface area contributed by atoms with E-state index >= 15 is 0 Å². The van der Waals surface area contributed by atoms with Crippen LogP contribution in [0.3, 0.4) is 0 Å². The molecule has 0 bridgehead atoms. The highest BCUT2D eigenvalue weighted by molar-refractivity contribution is 6.00. The first-order chi connectivity index (χ1) is 14.6.